The molecule has 0 unspecified atom stereocenters. The van der Waals surface area contributed by atoms with Gasteiger partial charge in [-0.3, -0.25) is 0 Å². The molecule has 1 aliphatic heterocycles. The van der Waals surface area contributed by atoms with Gasteiger partial charge in [0.15, 0.2) is 14.9 Å². The molecule has 2 aromatic rings. The van der Waals surface area contributed by atoms with Crippen LogP contribution < -0.4 is 10.0 Å². The standard InChI is InChI=1S/C15H17N3O4S2.ClH/c1-23(19,20)15-5-4-14(10-17-15)24(21,22)18-7-11-2-3-12-8-16-9-13(12)6-11;/h2-6,10,16,18H,7-9H2,1H3;1H. The Bertz CT molecular complexity index is 974. The van der Waals surface area contributed by atoms with Gasteiger partial charge in [-0.05, 0) is 28.8 Å². The van der Waals surface area contributed by atoms with Gasteiger partial charge in [-0.15, -0.1) is 12.4 Å². The van der Waals surface area contributed by atoms with Gasteiger partial charge in [0, 0.05) is 32.1 Å². The Labute approximate surface area is 153 Å². The van der Waals surface area contributed by atoms with E-state index in [0.717, 1.165) is 31.1 Å². The number of sulfone groups is 1. The Kier molecular flexibility index (Phi) is 5.85. The number of aromatic nitrogens is 1. The van der Waals surface area contributed by atoms with Crippen molar-refractivity contribution >= 4 is 32.3 Å². The molecular weight excluding hydrogens is 386 g/mol. The van der Waals surface area contributed by atoms with Crippen molar-refractivity contribution in [2.75, 3.05) is 6.26 Å². The highest BCUT2D eigenvalue weighted by molar-refractivity contribution is 7.90. The fourth-order valence-corrected chi connectivity index (χ4v) is 3.99. The molecule has 2 heterocycles. The second-order valence-electron chi connectivity index (χ2n) is 5.64. The van der Waals surface area contributed by atoms with Crippen molar-refractivity contribution in [2.45, 2.75) is 29.6 Å². The van der Waals surface area contributed by atoms with Crippen LogP contribution in [-0.2, 0) is 39.5 Å². The predicted octanol–water partition coefficient (Wildman–Crippen LogP) is 0.989. The Morgan fingerprint density at radius 2 is 1.80 bits per heavy atom. The van der Waals surface area contributed by atoms with Crippen molar-refractivity contribution < 1.29 is 16.8 Å². The molecule has 2 N–H and O–H groups in total. The molecule has 1 aromatic carbocycles. The maximum atomic E-state index is 12.3. The molecule has 1 aromatic heterocycles. The molecule has 136 valence electrons. The molecule has 25 heavy (non-hydrogen) atoms. The van der Waals surface area contributed by atoms with Gasteiger partial charge in [0.05, 0.1) is 0 Å². The van der Waals surface area contributed by atoms with Crippen molar-refractivity contribution in [2.24, 2.45) is 0 Å². The number of hydrogen-bond acceptors (Lipinski definition) is 6. The van der Waals surface area contributed by atoms with Gasteiger partial charge in [-0.25, -0.2) is 26.5 Å². The van der Waals surface area contributed by atoms with Crippen LogP contribution in [0.1, 0.15) is 16.7 Å². The third kappa shape index (κ3) is 4.56. The second-order valence-corrected chi connectivity index (χ2v) is 9.37. The number of benzene rings is 1. The third-order valence-corrected chi connectivity index (χ3v) is 6.16. The molecule has 0 spiro atoms. The van der Waals surface area contributed by atoms with Crippen LogP contribution in [-0.4, -0.2) is 28.1 Å². The topological polar surface area (TPSA) is 105 Å². The molecule has 7 nitrogen and oxygen atoms in total. The zero-order chi connectivity index (χ0) is 17.4. The normalized spacial score (nSPS) is 14.0. The Morgan fingerprint density at radius 3 is 2.44 bits per heavy atom. The molecule has 0 saturated heterocycles. The highest BCUT2D eigenvalue weighted by Crippen LogP contribution is 2.18. The first-order valence-corrected chi connectivity index (χ1v) is 10.6. The Hall–Kier alpha value is -1.52. The average molecular weight is 404 g/mol. The fourth-order valence-electron chi connectivity index (χ4n) is 2.46. The molecule has 0 radical (unpaired) electrons. The Balaban J connectivity index is 0.00000225. The van der Waals surface area contributed by atoms with Crippen LogP contribution >= 0.6 is 12.4 Å². The highest BCUT2D eigenvalue weighted by Gasteiger charge is 2.17. The summed E-state index contributed by atoms with van der Waals surface area (Å²) in [4.78, 5) is 3.63. The number of halogens is 1. The number of pyridine rings is 1. The van der Waals surface area contributed by atoms with Crippen molar-refractivity contribution in [3.63, 3.8) is 0 Å². The van der Waals surface area contributed by atoms with Gasteiger partial charge >= 0.3 is 0 Å². The van der Waals surface area contributed by atoms with E-state index in [4.69, 9.17) is 0 Å². The molecular formula is C15H18ClN3O4S2. The van der Waals surface area contributed by atoms with Crippen molar-refractivity contribution in [3.05, 3.63) is 53.2 Å². The van der Waals surface area contributed by atoms with E-state index in [1.165, 1.54) is 23.3 Å². The van der Waals surface area contributed by atoms with Gasteiger partial charge in [-0.1, -0.05) is 18.2 Å². The summed E-state index contributed by atoms with van der Waals surface area (Å²) in [6, 6.07) is 8.27. The summed E-state index contributed by atoms with van der Waals surface area (Å²) in [5.74, 6) is 0. The first-order valence-electron chi connectivity index (χ1n) is 7.23. The van der Waals surface area contributed by atoms with Gasteiger partial charge in [-0.2, -0.15) is 0 Å². The van der Waals surface area contributed by atoms with Crippen molar-refractivity contribution in [1.29, 1.82) is 0 Å². The molecule has 0 bridgehead atoms. The van der Waals surface area contributed by atoms with Gasteiger partial charge in [0.1, 0.15) is 4.90 Å². The maximum Gasteiger partial charge on any atom is 0.242 e. The summed E-state index contributed by atoms with van der Waals surface area (Å²) in [7, 11) is -7.22. The lowest BCUT2D eigenvalue weighted by molar-refractivity contribution is 0.579. The van der Waals surface area contributed by atoms with Crippen LogP contribution in [0.5, 0.6) is 0 Å². The molecule has 10 heteroatoms. The minimum atomic E-state index is -3.76. The van der Waals surface area contributed by atoms with Crippen LogP contribution in [0.15, 0.2) is 46.5 Å². The summed E-state index contributed by atoms with van der Waals surface area (Å²) in [6.07, 6.45) is 2.07. The highest BCUT2D eigenvalue weighted by atomic mass is 35.5. The number of hydrogen-bond donors (Lipinski definition) is 2. The van der Waals surface area contributed by atoms with E-state index in [1.54, 1.807) is 0 Å². The monoisotopic (exact) mass is 403 g/mol. The van der Waals surface area contributed by atoms with E-state index in [0.29, 0.717) is 0 Å². The number of rotatable bonds is 5. The molecule has 0 aliphatic carbocycles. The minimum Gasteiger partial charge on any atom is -0.309 e. The van der Waals surface area contributed by atoms with Crippen LogP contribution in [0.2, 0.25) is 0 Å². The van der Waals surface area contributed by atoms with E-state index < -0.39 is 19.9 Å². The maximum absolute atomic E-state index is 12.3. The second kappa shape index (κ2) is 7.38. The summed E-state index contributed by atoms with van der Waals surface area (Å²) < 4.78 is 49.8. The van der Waals surface area contributed by atoms with Crippen LogP contribution in [0.3, 0.4) is 0 Å². The molecule has 0 saturated carbocycles. The molecule has 0 fully saturated rings. The SMILES string of the molecule is CS(=O)(=O)c1ccc(S(=O)(=O)NCc2ccc3c(c2)CNC3)cn1.Cl. The fraction of sp³-hybridized carbons (Fsp3) is 0.267. The third-order valence-electron chi connectivity index (χ3n) is 3.77. The average Bonchev–Trinajstić information content (AvgIpc) is 3.00. The van der Waals surface area contributed by atoms with Gasteiger partial charge in [0.2, 0.25) is 10.0 Å². The van der Waals surface area contributed by atoms with Gasteiger partial charge < -0.3 is 5.32 Å². The van der Waals surface area contributed by atoms with E-state index in [9.17, 15) is 16.8 Å². The molecule has 3 rings (SSSR count). The smallest absolute Gasteiger partial charge is 0.242 e. The number of nitrogens with one attached hydrogen (secondary N) is 2. The predicted molar refractivity (Wildman–Crippen MR) is 95.6 cm³/mol. The quantitative estimate of drug-likeness (QED) is 0.771. The largest absolute Gasteiger partial charge is 0.309 e. The first-order chi connectivity index (χ1) is 11.3. The number of sulfonamides is 1. The Morgan fingerprint density at radius 1 is 1.08 bits per heavy atom. The summed E-state index contributed by atoms with van der Waals surface area (Å²) in [6.45, 7) is 1.77. The van der Waals surface area contributed by atoms with E-state index in [-0.39, 0.29) is 28.9 Å². The van der Waals surface area contributed by atoms with E-state index in [1.807, 2.05) is 18.2 Å². The lowest BCUT2D eigenvalue weighted by Crippen LogP contribution is -2.23. The van der Waals surface area contributed by atoms with Crippen molar-refractivity contribution in [3.8, 4) is 0 Å². The van der Waals surface area contributed by atoms with Crippen molar-refractivity contribution in [1.82, 2.24) is 15.0 Å². The van der Waals surface area contributed by atoms with Crippen LogP contribution in [0, 0.1) is 0 Å². The summed E-state index contributed by atoms with van der Waals surface area (Å²) in [5, 5.41) is 3.07. The molecule has 1 aliphatic rings. The molecule has 0 atom stereocenters. The summed E-state index contributed by atoms with van der Waals surface area (Å²) >= 11 is 0. The van der Waals surface area contributed by atoms with E-state index >= 15 is 0 Å². The number of nitrogens with zero attached hydrogens (tertiary/aromatic N) is 1. The zero-order valence-corrected chi connectivity index (χ0v) is 15.8. The van der Waals surface area contributed by atoms with Crippen LogP contribution in [0.25, 0.3) is 0 Å². The summed E-state index contributed by atoms with van der Waals surface area (Å²) in [5.41, 5.74) is 3.26. The lowest BCUT2D eigenvalue weighted by atomic mass is 10.1. The lowest BCUT2D eigenvalue weighted by Gasteiger charge is -2.08. The van der Waals surface area contributed by atoms with Crippen LogP contribution in [0.4, 0.5) is 0 Å². The minimum absolute atomic E-state index is 0. The van der Waals surface area contributed by atoms with E-state index in [2.05, 4.69) is 15.0 Å². The first kappa shape index (κ1) is 19.8. The zero-order valence-electron chi connectivity index (χ0n) is 13.4. The van der Waals surface area contributed by atoms with Gasteiger partial charge in [0.25, 0.3) is 0 Å². The number of fused-ring (bicyclic) bond motifs is 1. The molecule has 0 amide bonds.